The lowest BCUT2D eigenvalue weighted by Crippen LogP contribution is -2.15. The summed E-state index contributed by atoms with van der Waals surface area (Å²) in [7, 11) is 0. The maximum atomic E-state index is 12.6. The molecule has 1 atom stereocenters. The highest BCUT2D eigenvalue weighted by molar-refractivity contribution is 5.80. The van der Waals surface area contributed by atoms with Crippen LogP contribution < -0.4 is 5.32 Å². The molecule has 32 heavy (non-hydrogen) atoms. The molecule has 7 heteroatoms. The molecule has 0 aromatic carbocycles. The molecule has 4 rings (SSSR count). The van der Waals surface area contributed by atoms with Gasteiger partial charge in [0, 0.05) is 43.4 Å². The minimum absolute atomic E-state index is 0.0883. The molecule has 2 aliphatic rings. The van der Waals surface area contributed by atoms with Crippen molar-refractivity contribution in [1.82, 2.24) is 15.0 Å². The first-order chi connectivity index (χ1) is 15.5. The number of rotatable bonds is 11. The standard InChI is InChI=1S/C25H32N4O3/c1-16-27-14-20(15-28-16)19(13-24(31)32)11-21(30)6-2-3-7-23-22(17-8-9-17)12-18-5-4-10-26-25(18)29-23/h12,14-15,17,19H,2-11,13H2,1H3,(H,26,29)(H,31,32). The molecule has 0 amide bonds. The zero-order valence-corrected chi connectivity index (χ0v) is 18.8. The fourth-order valence-electron chi connectivity index (χ4n) is 4.51. The number of anilines is 1. The molecule has 3 heterocycles. The van der Waals surface area contributed by atoms with Gasteiger partial charge in [0.1, 0.15) is 17.4 Å². The summed E-state index contributed by atoms with van der Waals surface area (Å²) in [5, 5.41) is 12.7. The Morgan fingerprint density at radius 2 is 1.97 bits per heavy atom. The third-order valence-corrected chi connectivity index (χ3v) is 6.43. The van der Waals surface area contributed by atoms with E-state index in [2.05, 4.69) is 21.4 Å². The monoisotopic (exact) mass is 436 g/mol. The first-order valence-corrected chi connectivity index (χ1v) is 11.8. The van der Waals surface area contributed by atoms with Crippen molar-refractivity contribution in [1.29, 1.82) is 0 Å². The van der Waals surface area contributed by atoms with E-state index in [1.165, 1.54) is 29.7 Å². The lowest BCUT2D eigenvalue weighted by molar-refractivity contribution is -0.137. The fraction of sp³-hybridized carbons (Fsp3) is 0.560. The Morgan fingerprint density at radius 1 is 1.19 bits per heavy atom. The average molecular weight is 437 g/mol. The summed E-state index contributed by atoms with van der Waals surface area (Å²) >= 11 is 0. The average Bonchev–Trinajstić information content (AvgIpc) is 3.61. The van der Waals surface area contributed by atoms with Crippen molar-refractivity contribution >= 4 is 17.6 Å². The second-order valence-electron chi connectivity index (χ2n) is 9.14. The highest BCUT2D eigenvalue weighted by Crippen LogP contribution is 2.43. The third-order valence-electron chi connectivity index (χ3n) is 6.43. The second kappa shape index (κ2) is 10.2. The van der Waals surface area contributed by atoms with Gasteiger partial charge >= 0.3 is 5.97 Å². The number of carboxylic acid groups (broad SMARTS) is 1. The van der Waals surface area contributed by atoms with Crippen molar-refractivity contribution in [2.75, 3.05) is 11.9 Å². The van der Waals surface area contributed by atoms with E-state index in [4.69, 9.17) is 4.98 Å². The van der Waals surface area contributed by atoms with Crippen LogP contribution in [0.4, 0.5) is 5.82 Å². The number of hydrogen-bond donors (Lipinski definition) is 2. The number of nitrogens with zero attached hydrogens (tertiary/aromatic N) is 3. The lowest BCUT2D eigenvalue weighted by atomic mass is 9.91. The van der Waals surface area contributed by atoms with Crippen molar-refractivity contribution in [3.8, 4) is 0 Å². The van der Waals surface area contributed by atoms with E-state index in [1.807, 2.05) is 0 Å². The summed E-state index contributed by atoms with van der Waals surface area (Å²) in [6.45, 7) is 2.77. The lowest BCUT2D eigenvalue weighted by Gasteiger charge is -2.20. The molecule has 170 valence electrons. The van der Waals surface area contributed by atoms with Crippen LogP contribution >= 0.6 is 0 Å². The Kier molecular flexibility index (Phi) is 7.12. The van der Waals surface area contributed by atoms with Crippen molar-refractivity contribution in [2.45, 2.75) is 83.0 Å². The Morgan fingerprint density at radius 3 is 2.69 bits per heavy atom. The SMILES string of the molecule is Cc1ncc(C(CC(=O)O)CC(=O)CCCCc2nc3c(cc2C2CC2)CCCN3)cn1. The maximum Gasteiger partial charge on any atom is 0.303 e. The summed E-state index contributed by atoms with van der Waals surface area (Å²) in [5.41, 5.74) is 4.67. The first-order valence-electron chi connectivity index (χ1n) is 11.8. The highest BCUT2D eigenvalue weighted by atomic mass is 16.4. The van der Waals surface area contributed by atoms with E-state index < -0.39 is 5.97 Å². The summed E-state index contributed by atoms with van der Waals surface area (Å²) in [6.07, 6.45) is 11.2. The van der Waals surface area contributed by atoms with Crippen LogP contribution in [0.3, 0.4) is 0 Å². The maximum absolute atomic E-state index is 12.6. The normalized spacial score (nSPS) is 16.2. The number of hydrogen-bond acceptors (Lipinski definition) is 6. The fourth-order valence-corrected chi connectivity index (χ4v) is 4.51. The Labute approximate surface area is 189 Å². The molecule has 0 radical (unpaired) electrons. The third kappa shape index (κ3) is 5.90. The van der Waals surface area contributed by atoms with E-state index in [0.29, 0.717) is 23.7 Å². The summed E-state index contributed by atoms with van der Waals surface area (Å²) < 4.78 is 0. The minimum Gasteiger partial charge on any atom is -0.481 e. The molecule has 0 spiro atoms. The van der Waals surface area contributed by atoms with Crippen molar-refractivity contribution < 1.29 is 14.7 Å². The number of carboxylic acids is 1. The van der Waals surface area contributed by atoms with Crippen LogP contribution in [0.5, 0.6) is 0 Å². The molecular formula is C25H32N4O3. The van der Waals surface area contributed by atoms with Crippen LogP contribution in [0.25, 0.3) is 0 Å². The van der Waals surface area contributed by atoms with Gasteiger partial charge in [0.25, 0.3) is 0 Å². The number of aromatic nitrogens is 3. The van der Waals surface area contributed by atoms with Gasteiger partial charge in [-0.3, -0.25) is 9.59 Å². The van der Waals surface area contributed by atoms with Gasteiger partial charge in [-0.1, -0.05) is 6.07 Å². The quantitative estimate of drug-likeness (QED) is 0.505. The van der Waals surface area contributed by atoms with Crippen LogP contribution in [-0.2, 0) is 22.4 Å². The topological polar surface area (TPSA) is 105 Å². The van der Waals surface area contributed by atoms with Crippen LogP contribution in [-0.4, -0.2) is 38.4 Å². The summed E-state index contributed by atoms with van der Waals surface area (Å²) in [5.74, 6) is 1.15. The molecule has 2 N–H and O–H groups in total. The van der Waals surface area contributed by atoms with Gasteiger partial charge in [0.15, 0.2) is 0 Å². The molecule has 1 aliphatic heterocycles. The molecule has 7 nitrogen and oxygen atoms in total. The predicted octanol–water partition coefficient (Wildman–Crippen LogP) is 4.35. The number of fused-ring (bicyclic) bond motifs is 1. The molecule has 2 aromatic rings. The zero-order valence-electron chi connectivity index (χ0n) is 18.8. The van der Waals surface area contributed by atoms with E-state index in [1.54, 1.807) is 19.3 Å². The molecule has 1 fully saturated rings. The van der Waals surface area contributed by atoms with Crippen LogP contribution in [0.2, 0.25) is 0 Å². The van der Waals surface area contributed by atoms with Crippen LogP contribution in [0.1, 0.15) is 91.4 Å². The Balaban J connectivity index is 1.31. The van der Waals surface area contributed by atoms with Gasteiger partial charge in [-0.25, -0.2) is 15.0 Å². The molecular weight excluding hydrogens is 404 g/mol. The van der Waals surface area contributed by atoms with E-state index >= 15 is 0 Å². The number of carbonyl (C=O) groups excluding carboxylic acids is 1. The molecule has 0 bridgehead atoms. The molecule has 2 aromatic heterocycles. The van der Waals surface area contributed by atoms with Crippen molar-refractivity contribution in [3.63, 3.8) is 0 Å². The zero-order chi connectivity index (χ0) is 22.5. The van der Waals surface area contributed by atoms with Gasteiger partial charge < -0.3 is 10.4 Å². The number of unbranched alkanes of at least 4 members (excludes halogenated alkanes) is 1. The van der Waals surface area contributed by atoms with Gasteiger partial charge in [0.05, 0.1) is 6.42 Å². The number of pyridine rings is 1. The number of ketones is 1. The predicted molar refractivity (Wildman–Crippen MR) is 122 cm³/mol. The van der Waals surface area contributed by atoms with Gasteiger partial charge in [0.2, 0.25) is 0 Å². The summed E-state index contributed by atoms with van der Waals surface area (Å²) in [4.78, 5) is 37.1. The van der Waals surface area contributed by atoms with E-state index in [0.717, 1.165) is 44.5 Å². The number of nitrogens with one attached hydrogen (secondary N) is 1. The Hall–Kier alpha value is -2.83. The highest BCUT2D eigenvalue weighted by Gasteiger charge is 2.28. The van der Waals surface area contributed by atoms with Crippen LogP contribution in [0, 0.1) is 6.92 Å². The molecule has 1 saturated carbocycles. The van der Waals surface area contributed by atoms with Gasteiger partial charge in [-0.15, -0.1) is 0 Å². The van der Waals surface area contributed by atoms with E-state index in [-0.39, 0.29) is 24.5 Å². The second-order valence-corrected chi connectivity index (χ2v) is 9.14. The Bertz CT molecular complexity index is 970. The molecule has 1 unspecified atom stereocenters. The summed E-state index contributed by atoms with van der Waals surface area (Å²) in [6, 6.07) is 2.37. The number of aliphatic carboxylic acids is 1. The largest absolute Gasteiger partial charge is 0.481 e. The van der Waals surface area contributed by atoms with Crippen molar-refractivity contribution in [3.05, 3.63) is 46.7 Å². The van der Waals surface area contributed by atoms with Gasteiger partial charge in [-0.05, 0) is 74.5 Å². The first kappa shape index (κ1) is 22.4. The number of carbonyl (C=O) groups is 2. The molecule has 0 saturated heterocycles. The van der Waals surface area contributed by atoms with E-state index in [9.17, 15) is 14.7 Å². The minimum atomic E-state index is -0.914. The number of Topliss-reactive ketones (excluding diaryl/α,β-unsaturated/α-hetero) is 1. The molecule has 1 aliphatic carbocycles. The van der Waals surface area contributed by atoms with Gasteiger partial charge in [-0.2, -0.15) is 0 Å². The number of aryl methyl sites for hydroxylation is 3. The smallest absolute Gasteiger partial charge is 0.303 e. The van der Waals surface area contributed by atoms with Crippen LogP contribution in [0.15, 0.2) is 18.5 Å². The van der Waals surface area contributed by atoms with Crippen molar-refractivity contribution in [2.24, 2.45) is 0 Å².